The maximum Gasteiger partial charge on any atom is 0.337 e. The fourth-order valence-electron chi connectivity index (χ4n) is 2.99. The number of thioether (sulfide) groups is 1. The highest BCUT2D eigenvalue weighted by molar-refractivity contribution is 7.99. The molecule has 0 bridgehead atoms. The van der Waals surface area contributed by atoms with Crippen LogP contribution in [-0.2, 0) is 4.74 Å². The van der Waals surface area contributed by atoms with Gasteiger partial charge in [0.05, 0.1) is 31.6 Å². The average molecular weight is 445 g/mol. The lowest BCUT2D eigenvalue weighted by Crippen LogP contribution is -2.20. The van der Waals surface area contributed by atoms with E-state index >= 15 is 0 Å². The minimum atomic E-state index is -0.780. The molecule has 10 heteroatoms. The van der Waals surface area contributed by atoms with E-state index < -0.39 is 12.1 Å². The number of benzene rings is 2. The molecule has 0 fully saturated rings. The minimum absolute atomic E-state index is 0.0336. The summed E-state index contributed by atoms with van der Waals surface area (Å²) in [4.78, 5) is 11.6. The van der Waals surface area contributed by atoms with E-state index in [9.17, 15) is 9.90 Å². The molecule has 3 aromatic rings. The molecular weight excluding hydrogens is 420 g/mol. The molecule has 0 aliphatic rings. The lowest BCUT2D eigenvalue weighted by molar-refractivity contribution is 0.0600. The van der Waals surface area contributed by atoms with Gasteiger partial charge in [-0.05, 0) is 53.6 Å². The van der Waals surface area contributed by atoms with Crippen LogP contribution >= 0.6 is 11.8 Å². The third kappa shape index (κ3) is 5.33. The zero-order chi connectivity index (χ0) is 22.4. The number of carbonyl (C=O) groups is 1. The molecule has 0 saturated carbocycles. The van der Waals surface area contributed by atoms with Crippen LogP contribution in [0.25, 0.3) is 5.69 Å². The molecule has 164 valence electrons. The van der Waals surface area contributed by atoms with E-state index in [1.54, 1.807) is 16.8 Å². The second-order valence-corrected chi connectivity index (χ2v) is 7.73. The Kier molecular flexibility index (Phi) is 7.48. The molecule has 0 aliphatic carbocycles. The molecule has 0 saturated heterocycles. The van der Waals surface area contributed by atoms with Gasteiger partial charge in [0.15, 0.2) is 11.5 Å². The summed E-state index contributed by atoms with van der Waals surface area (Å²) in [5, 5.41) is 22.9. The van der Waals surface area contributed by atoms with Crippen LogP contribution in [0.5, 0.6) is 11.5 Å². The first-order valence-electron chi connectivity index (χ1n) is 9.49. The molecule has 1 atom stereocenters. The number of rotatable bonds is 9. The Morgan fingerprint density at radius 3 is 2.58 bits per heavy atom. The van der Waals surface area contributed by atoms with Gasteiger partial charge in [0.25, 0.3) is 0 Å². The monoisotopic (exact) mass is 444 g/mol. The molecule has 31 heavy (non-hydrogen) atoms. The lowest BCUT2D eigenvalue weighted by Gasteiger charge is -2.15. The standard InChI is InChI=1S/C21H24N4O5S/c1-13-6-5-7-14(2)19(13)25-21(22-23-24-25)31-12-16(26)11-30-17-9-8-15(20(27)29-4)10-18(17)28-3/h5-10,16,26H,11-12H2,1-4H3/t16-/m0/s1. The number of aliphatic hydroxyl groups excluding tert-OH is 1. The Morgan fingerprint density at radius 2 is 1.90 bits per heavy atom. The summed E-state index contributed by atoms with van der Waals surface area (Å²) in [6.07, 6.45) is -0.780. The molecule has 0 amide bonds. The van der Waals surface area contributed by atoms with Gasteiger partial charge in [0, 0.05) is 5.75 Å². The van der Waals surface area contributed by atoms with Gasteiger partial charge in [-0.15, -0.1) is 5.10 Å². The summed E-state index contributed by atoms with van der Waals surface area (Å²) in [7, 11) is 2.78. The zero-order valence-corrected chi connectivity index (χ0v) is 18.5. The number of aryl methyl sites for hydroxylation is 2. The predicted octanol–water partition coefficient (Wildman–Crippen LogP) is 2.61. The maximum absolute atomic E-state index is 11.6. The van der Waals surface area contributed by atoms with Crippen LogP contribution in [0.4, 0.5) is 0 Å². The van der Waals surface area contributed by atoms with Crippen molar-refractivity contribution in [2.45, 2.75) is 25.1 Å². The number of carbonyl (C=O) groups excluding carboxylic acids is 1. The number of aromatic nitrogens is 4. The molecule has 1 aromatic heterocycles. The Balaban J connectivity index is 1.62. The van der Waals surface area contributed by atoms with Crippen LogP contribution in [0.15, 0.2) is 41.6 Å². The topological polar surface area (TPSA) is 109 Å². The van der Waals surface area contributed by atoms with Gasteiger partial charge in [-0.3, -0.25) is 0 Å². The minimum Gasteiger partial charge on any atom is -0.493 e. The Morgan fingerprint density at radius 1 is 1.16 bits per heavy atom. The molecular formula is C21H24N4O5S. The highest BCUT2D eigenvalue weighted by Crippen LogP contribution is 2.29. The quantitative estimate of drug-likeness (QED) is 0.393. The normalized spacial score (nSPS) is 11.8. The van der Waals surface area contributed by atoms with Gasteiger partial charge in [0.1, 0.15) is 6.61 Å². The molecule has 0 spiro atoms. The van der Waals surface area contributed by atoms with Crippen LogP contribution < -0.4 is 9.47 Å². The van der Waals surface area contributed by atoms with Gasteiger partial charge in [0.2, 0.25) is 5.16 Å². The first kappa shape index (κ1) is 22.6. The van der Waals surface area contributed by atoms with Crippen LogP contribution in [0.2, 0.25) is 0 Å². The van der Waals surface area contributed by atoms with E-state index in [-0.39, 0.29) is 6.61 Å². The smallest absolute Gasteiger partial charge is 0.337 e. The van der Waals surface area contributed by atoms with Crippen molar-refractivity contribution in [3.8, 4) is 17.2 Å². The second-order valence-electron chi connectivity index (χ2n) is 6.75. The fraction of sp³-hybridized carbons (Fsp3) is 0.333. The predicted molar refractivity (Wildman–Crippen MR) is 115 cm³/mol. The molecule has 2 aromatic carbocycles. The second kappa shape index (κ2) is 10.3. The fourth-order valence-corrected chi connectivity index (χ4v) is 3.77. The Labute approximate surface area is 184 Å². The van der Waals surface area contributed by atoms with E-state index in [2.05, 4.69) is 15.5 Å². The Bertz CT molecular complexity index is 1040. The van der Waals surface area contributed by atoms with E-state index in [0.29, 0.717) is 28.0 Å². The van der Waals surface area contributed by atoms with Crippen molar-refractivity contribution in [2.24, 2.45) is 0 Å². The number of nitrogens with zero attached hydrogens (tertiary/aromatic N) is 4. The van der Waals surface area contributed by atoms with Gasteiger partial charge in [-0.25, -0.2) is 4.79 Å². The third-order valence-corrected chi connectivity index (χ3v) is 5.58. The van der Waals surface area contributed by atoms with E-state index in [1.165, 1.54) is 32.0 Å². The molecule has 0 aliphatic heterocycles. The first-order valence-corrected chi connectivity index (χ1v) is 10.5. The van der Waals surface area contributed by atoms with Gasteiger partial charge in [-0.2, -0.15) is 4.68 Å². The summed E-state index contributed by atoms with van der Waals surface area (Å²) in [6.45, 7) is 4.03. The summed E-state index contributed by atoms with van der Waals surface area (Å²) in [5.74, 6) is 0.651. The van der Waals surface area contributed by atoms with Crippen molar-refractivity contribution in [3.05, 3.63) is 53.1 Å². The van der Waals surface area contributed by atoms with Crippen molar-refractivity contribution >= 4 is 17.7 Å². The van der Waals surface area contributed by atoms with Crippen molar-refractivity contribution in [3.63, 3.8) is 0 Å². The summed E-state index contributed by atoms with van der Waals surface area (Å²) >= 11 is 1.33. The van der Waals surface area contributed by atoms with Gasteiger partial charge < -0.3 is 19.3 Å². The lowest BCUT2D eigenvalue weighted by atomic mass is 10.1. The SMILES string of the molecule is COC(=O)c1ccc(OC[C@H](O)CSc2nnnn2-c2c(C)cccc2C)c(OC)c1. The van der Waals surface area contributed by atoms with Crippen molar-refractivity contribution in [2.75, 3.05) is 26.6 Å². The molecule has 0 unspecified atom stereocenters. The number of para-hydroxylation sites is 1. The van der Waals surface area contributed by atoms with Crippen LogP contribution in [0.1, 0.15) is 21.5 Å². The zero-order valence-electron chi connectivity index (χ0n) is 17.7. The number of methoxy groups -OCH3 is 2. The molecule has 1 heterocycles. The van der Waals surface area contributed by atoms with Gasteiger partial charge >= 0.3 is 5.97 Å². The maximum atomic E-state index is 11.6. The summed E-state index contributed by atoms with van der Waals surface area (Å²) in [6, 6.07) is 10.7. The number of esters is 1. The number of hydrogen-bond acceptors (Lipinski definition) is 9. The summed E-state index contributed by atoms with van der Waals surface area (Å²) in [5.41, 5.74) is 3.39. The van der Waals surface area contributed by atoms with E-state index in [1.807, 2.05) is 32.0 Å². The Hall–Kier alpha value is -3.11. The average Bonchev–Trinajstić information content (AvgIpc) is 3.23. The number of hydrogen-bond donors (Lipinski definition) is 1. The highest BCUT2D eigenvalue weighted by Gasteiger charge is 2.17. The number of ether oxygens (including phenoxy) is 3. The largest absolute Gasteiger partial charge is 0.493 e. The van der Waals surface area contributed by atoms with Crippen molar-refractivity contribution in [1.29, 1.82) is 0 Å². The molecule has 1 N–H and O–H groups in total. The molecule has 3 rings (SSSR count). The highest BCUT2D eigenvalue weighted by atomic mass is 32.2. The van der Waals surface area contributed by atoms with Crippen LogP contribution in [-0.4, -0.2) is 64.0 Å². The number of tetrazole rings is 1. The van der Waals surface area contributed by atoms with Crippen LogP contribution in [0.3, 0.4) is 0 Å². The van der Waals surface area contributed by atoms with Crippen LogP contribution in [0, 0.1) is 13.8 Å². The van der Waals surface area contributed by atoms with Crippen molar-refractivity contribution < 1.29 is 24.1 Å². The molecule has 9 nitrogen and oxygen atoms in total. The summed E-state index contributed by atoms with van der Waals surface area (Å²) < 4.78 is 17.3. The van der Waals surface area contributed by atoms with E-state index in [0.717, 1.165) is 16.8 Å². The first-order chi connectivity index (χ1) is 14.9. The number of aliphatic hydroxyl groups is 1. The molecule has 0 radical (unpaired) electrons. The third-order valence-electron chi connectivity index (χ3n) is 4.51. The van der Waals surface area contributed by atoms with E-state index in [4.69, 9.17) is 14.2 Å². The van der Waals surface area contributed by atoms with Gasteiger partial charge in [-0.1, -0.05) is 30.0 Å². The van der Waals surface area contributed by atoms with Crippen molar-refractivity contribution in [1.82, 2.24) is 20.2 Å².